The van der Waals surface area contributed by atoms with Gasteiger partial charge in [-0.05, 0) is 37.3 Å². The maximum absolute atomic E-state index is 5.65. The lowest BCUT2D eigenvalue weighted by molar-refractivity contribution is 0.179. The van der Waals surface area contributed by atoms with Crippen LogP contribution in [-0.4, -0.2) is 21.8 Å². The first-order chi connectivity index (χ1) is 9.85. The Morgan fingerprint density at radius 2 is 2.15 bits per heavy atom. The Bertz CT molecular complexity index is 571. The highest BCUT2D eigenvalue weighted by atomic mass is 16.6. The SMILES string of the molecule is CC.c1ccc2c(c1)ncn2C[C@H]1CCCC2(CO2)C1. The van der Waals surface area contributed by atoms with Crippen molar-refractivity contribution in [2.75, 3.05) is 6.61 Å². The van der Waals surface area contributed by atoms with E-state index in [0.717, 1.165) is 24.6 Å². The third-order valence-electron chi connectivity index (χ3n) is 4.44. The molecule has 3 heteroatoms. The normalized spacial score (nSPS) is 28.2. The maximum Gasteiger partial charge on any atom is 0.0958 e. The number of fused-ring (bicyclic) bond motifs is 1. The van der Waals surface area contributed by atoms with Crippen molar-refractivity contribution in [2.45, 2.75) is 51.7 Å². The molecule has 2 atom stereocenters. The summed E-state index contributed by atoms with van der Waals surface area (Å²) in [7, 11) is 0. The van der Waals surface area contributed by atoms with Gasteiger partial charge >= 0.3 is 0 Å². The highest BCUT2D eigenvalue weighted by Gasteiger charge is 2.47. The Labute approximate surface area is 121 Å². The summed E-state index contributed by atoms with van der Waals surface area (Å²) in [6, 6.07) is 8.38. The summed E-state index contributed by atoms with van der Waals surface area (Å²) in [5.74, 6) is 0.749. The van der Waals surface area contributed by atoms with Crippen molar-refractivity contribution >= 4 is 11.0 Å². The summed E-state index contributed by atoms with van der Waals surface area (Å²) in [5.41, 5.74) is 2.64. The molecule has 1 unspecified atom stereocenters. The highest BCUT2D eigenvalue weighted by molar-refractivity contribution is 5.74. The minimum absolute atomic E-state index is 0.277. The topological polar surface area (TPSA) is 30.4 Å². The minimum Gasteiger partial charge on any atom is -0.370 e. The van der Waals surface area contributed by atoms with Crippen LogP contribution in [0.3, 0.4) is 0 Å². The third-order valence-corrected chi connectivity index (χ3v) is 4.44. The molecule has 0 amide bonds. The standard InChI is InChI=1S/C15H18N2O.C2H6/c1-2-6-14-13(5-1)16-11-17(14)9-12-4-3-7-15(8-12)10-18-15;1-2/h1-2,5-6,11-12H,3-4,7-10H2;1-2H3/t12-,15?;/m0./s1. The Kier molecular flexibility index (Phi) is 3.79. The third kappa shape index (κ3) is 2.59. The Hall–Kier alpha value is -1.35. The fraction of sp³-hybridized carbons (Fsp3) is 0.588. The minimum atomic E-state index is 0.277. The molecule has 2 aliphatic rings. The van der Waals surface area contributed by atoms with Gasteiger partial charge in [-0.3, -0.25) is 0 Å². The summed E-state index contributed by atoms with van der Waals surface area (Å²) in [6.07, 6.45) is 7.14. The molecule has 0 N–H and O–H groups in total. The second kappa shape index (κ2) is 5.57. The molecular formula is C17H24N2O. The average Bonchev–Trinajstić information content (AvgIpc) is 3.12. The molecule has 1 spiro atoms. The molecule has 3 nitrogen and oxygen atoms in total. The summed E-state index contributed by atoms with van der Waals surface area (Å²) in [4.78, 5) is 4.47. The highest BCUT2D eigenvalue weighted by Crippen LogP contribution is 2.44. The Morgan fingerprint density at radius 3 is 2.95 bits per heavy atom. The number of imidazole rings is 1. The molecule has 1 aliphatic heterocycles. The average molecular weight is 272 g/mol. The molecule has 1 aromatic heterocycles. The number of hydrogen-bond donors (Lipinski definition) is 0. The summed E-state index contributed by atoms with van der Waals surface area (Å²) in [6.45, 7) is 6.08. The first kappa shape index (κ1) is 13.6. The zero-order valence-electron chi connectivity index (χ0n) is 12.5. The van der Waals surface area contributed by atoms with Gasteiger partial charge in [-0.15, -0.1) is 0 Å². The van der Waals surface area contributed by atoms with Crippen LogP contribution in [0.25, 0.3) is 11.0 Å². The smallest absolute Gasteiger partial charge is 0.0958 e. The van der Waals surface area contributed by atoms with Crippen molar-refractivity contribution in [1.29, 1.82) is 0 Å². The molecule has 2 aromatic rings. The van der Waals surface area contributed by atoms with E-state index in [4.69, 9.17) is 4.74 Å². The van der Waals surface area contributed by atoms with Gasteiger partial charge in [-0.1, -0.05) is 32.4 Å². The first-order valence-corrected chi connectivity index (χ1v) is 7.89. The van der Waals surface area contributed by atoms with Crippen LogP contribution in [0.4, 0.5) is 0 Å². The molecule has 108 valence electrons. The van der Waals surface area contributed by atoms with Crippen LogP contribution < -0.4 is 0 Å². The maximum atomic E-state index is 5.65. The number of ether oxygens (including phenoxy) is 1. The molecule has 0 radical (unpaired) electrons. The van der Waals surface area contributed by atoms with Crippen molar-refractivity contribution < 1.29 is 4.74 Å². The van der Waals surface area contributed by atoms with Crippen LogP contribution in [0.5, 0.6) is 0 Å². The monoisotopic (exact) mass is 272 g/mol. The number of para-hydroxylation sites is 2. The van der Waals surface area contributed by atoms with Gasteiger partial charge in [0.2, 0.25) is 0 Å². The fourth-order valence-electron chi connectivity index (χ4n) is 3.40. The first-order valence-electron chi connectivity index (χ1n) is 7.89. The molecular weight excluding hydrogens is 248 g/mol. The van der Waals surface area contributed by atoms with Gasteiger partial charge in [0.05, 0.1) is 29.6 Å². The lowest BCUT2D eigenvalue weighted by Crippen LogP contribution is -2.25. The van der Waals surface area contributed by atoms with Gasteiger partial charge in [0.1, 0.15) is 0 Å². The van der Waals surface area contributed by atoms with Gasteiger partial charge in [0, 0.05) is 6.54 Å². The number of nitrogens with zero attached hydrogens (tertiary/aromatic N) is 2. The number of hydrogen-bond acceptors (Lipinski definition) is 2. The van der Waals surface area contributed by atoms with Crippen LogP contribution in [0.2, 0.25) is 0 Å². The molecule has 1 aromatic carbocycles. The van der Waals surface area contributed by atoms with Crippen LogP contribution in [0.15, 0.2) is 30.6 Å². The van der Waals surface area contributed by atoms with Gasteiger partial charge in [0.25, 0.3) is 0 Å². The molecule has 0 bridgehead atoms. The number of rotatable bonds is 2. The van der Waals surface area contributed by atoms with Crippen molar-refractivity contribution in [3.05, 3.63) is 30.6 Å². The molecule has 2 heterocycles. The predicted octanol–water partition coefficient (Wildman–Crippen LogP) is 4.02. The van der Waals surface area contributed by atoms with Crippen molar-refractivity contribution in [1.82, 2.24) is 9.55 Å². The molecule has 1 saturated carbocycles. The Morgan fingerprint density at radius 1 is 1.35 bits per heavy atom. The van der Waals surface area contributed by atoms with Crippen LogP contribution in [-0.2, 0) is 11.3 Å². The second-order valence-electron chi connectivity index (χ2n) is 5.82. The molecule has 20 heavy (non-hydrogen) atoms. The van der Waals surface area contributed by atoms with E-state index in [1.165, 1.54) is 31.2 Å². The quantitative estimate of drug-likeness (QED) is 0.773. The van der Waals surface area contributed by atoms with Crippen molar-refractivity contribution in [3.8, 4) is 0 Å². The van der Waals surface area contributed by atoms with Crippen LogP contribution in [0.1, 0.15) is 39.5 Å². The zero-order valence-corrected chi connectivity index (χ0v) is 12.5. The van der Waals surface area contributed by atoms with E-state index in [-0.39, 0.29) is 5.60 Å². The molecule has 4 rings (SSSR count). The predicted molar refractivity (Wildman–Crippen MR) is 81.7 cm³/mol. The van der Waals surface area contributed by atoms with E-state index in [2.05, 4.69) is 27.8 Å². The van der Waals surface area contributed by atoms with Gasteiger partial charge in [-0.25, -0.2) is 4.98 Å². The summed E-state index contributed by atoms with van der Waals surface area (Å²) in [5, 5.41) is 0. The zero-order chi connectivity index (χ0) is 14.0. The molecule has 1 aliphatic carbocycles. The number of aromatic nitrogens is 2. The van der Waals surface area contributed by atoms with E-state index >= 15 is 0 Å². The molecule has 2 fully saturated rings. The van der Waals surface area contributed by atoms with Crippen LogP contribution in [0, 0.1) is 5.92 Å². The lowest BCUT2D eigenvalue weighted by atomic mass is 9.81. The van der Waals surface area contributed by atoms with E-state index in [1.54, 1.807) is 0 Å². The van der Waals surface area contributed by atoms with Crippen molar-refractivity contribution in [2.24, 2.45) is 5.92 Å². The van der Waals surface area contributed by atoms with Gasteiger partial charge in [-0.2, -0.15) is 0 Å². The lowest BCUT2D eigenvalue weighted by Gasteiger charge is -2.27. The number of benzene rings is 1. The largest absolute Gasteiger partial charge is 0.370 e. The summed E-state index contributed by atoms with van der Waals surface area (Å²) >= 11 is 0. The van der Waals surface area contributed by atoms with E-state index in [0.29, 0.717) is 0 Å². The van der Waals surface area contributed by atoms with Crippen molar-refractivity contribution in [3.63, 3.8) is 0 Å². The van der Waals surface area contributed by atoms with E-state index in [1.807, 2.05) is 26.2 Å². The summed E-state index contributed by atoms with van der Waals surface area (Å²) < 4.78 is 7.96. The fourth-order valence-corrected chi connectivity index (χ4v) is 3.40. The van der Waals surface area contributed by atoms with E-state index in [9.17, 15) is 0 Å². The second-order valence-corrected chi connectivity index (χ2v) is 5.82. The number of epoxide rings is 1. The van der Waals surface area contributed by atoms with Gasteiger partial charge in [0.15, 0.2) is 0 Å². The molecule has 1 saturated heterocycles. The van der Waals surface area contributed by atoms with Gasteiger partial charge < -0.3 is 9.30 Å². The van der Waals surface area contributed by atoms with E-state index < -0.39 is 0 Å². The van der Waals surface area contributed by atoms with Crippen LogP contribution >= 0.6 is 0 Å². The Balaban J connectivity index is 0.000000581.